The van der Waals surface area contributed by atoms with Gasteiger partial charge in [-0.15, -0.1) is 0 Å². The average molecular weight is 393 g/mol. The molecular weight excluding hydrogens is 367 g/mol. The van der Waals surface area contributed by atoms with Gasteiger partial charge < -0.3 is 0 Å². The van der Waals surface area contributed by atoms with Crippen molar-refractivity contribution in [2.75, 3.05) is 0 Å². The maximum absolute atomic E-state index is 2.77. The zero-order chi connectivity index (χ0) is 18.3. The second-order valence-electron chi connectivity index (χ2n) is 7.25. The number of rotatable bonds is 2. The normalized spacial score (nSPS) is 11.0. The minimum atomic E-state index is 1.28. The van der Waals surface area contributed by atoms with E-state index in [0.717, 1.165) is 0 Å². The minimum absolute atomic E-state index is 1.28. The number of aryl methyl sites for hydroxylation is 6. The predicted molar refractivity (Wildman–Crippen MR) is 113 cm³/mol. The van der Waals surface area contributed by atoms with Gasteiger partial charge in [0.1, 0.15) is 0 Å². The summed E-state index contributed by atoms with van der Waals surface area (Å²) in [7, 11) is 0. The van der Waals surface area contributed by atoms with E-state index in [1.807, 2.05) is 0 Å². The van der Waals surface area contributed by atoms with E-state index in [0.29, 0.717) is 0 Å². The molecule has 0 aliphatic heterocycles. The van der Waals surface area contributed by atoms with Gasteiger partial charge in [-0.2, -0.15) is 0 Å². The van der Waals surface area contributed by atoms with E-state index in [9.17, 15) is 0 Å². The Morgan fingerprint density at radius 1 is 0.560 bits per heavy atom. The van der Waals surface area contributed by atoms with Crippen LogP contribution in [0.4, 0.5) is 0 Å². The van der Waals surface area contributed by atoms with Crippen LogP contribution in [0.15, 0.2) is 42.5 Å². The quantitative estimate of drug-likeness (QED) is 0.512. The molecule has 25 heavy (non-hydrogen) atoms. The van der Waals surface area contributed by atoms with Crippen LogP contribution >= 0.6 is 0 Å². The standard InChI is InChI=1S/C24H26Se/c1-14-10-16(3)22(17(4)11-14)20-8-7-9-21(25)24(20)23-18(5)12-15(2)13-19(23)6/h7-13,25H,1-6H3. The Morgan fingerprint density at radius 2 is 1.00 bits per heavy atom. The van der Waals surface area contributed by atoms with Gasteiger partial charge in [0.15, 0.2) is 0 Å². The van der Waals surface area contributed by atoms with Crippen LogP contribution in [0.3, 0.4) is 0 Å². The molecular formula is C24H26Se. The molecule has 0 bridgehead atoms. The topological polar surface area (TPSA) is 0 Å². The summed E-state index contributed by atoms with van der Waals surface area (Å²) in [5.41, 5.74) is 13.5. The van der Waals surface area contributed by atoms with Crippen molar-refractivity contribution in [2.24, 2.45) is 0 Å². The van der Waals surface area contributed by atoms with Gasteiger partial charge in [0.25, 0.3) is 0 Å². The first-order valence-electron chi connectivity index (χ1n) is 8.78. The third-order valence-electron chi connectivity index (χ3n) is 4.92. The van der Waals surface area contributed by atoms with Crippen molar-refractivity contribution in [1.29, 1.82) is 0 Å². The number of hydrogen-bond donors (Lipinski definition) is 0. The van der Waals surface area contributed by atoms with Gasteiger partial charge in [-0.3, -0.25) is 0 Å². The van der Waals surface area contributed by atoms with Gasteiger partial charge in [0, 0.05) is 0 Å². The molecule has 0 aliphatic rings. The molecule has 0 unspecified atom stereocenters. The average Bonchev–Trinajstić information content (AvgIpc) is 2.47. The second kappa shape index (κ2) is 6.83. The zero-order valence-electron chi connectivity index (χ0n) is 16.0. The van der Waals surface area contributed by atoms with E-state index in [1.54, 1.807) is 0 Å². The molecule has 0 radical (unpaired) electrons. The van der Waals surface area contributed by atoms with Crippen LogP contribution < -0.4 is 4.46 Å². The molecule has 0 heterocycles. The van der Waals surface area contributed by atoms with Crippen LogP contribution in [0.1, 0.15) is 33.4 Å². The molecule has 0 fully saturated rings. The third kappa shape index (κ3) is 3.32. The summed E-state index contributed by atoms with van der Waals surface area (Å²) in [6.07, 6.45) is 0. The van der Waals surface area contributed by atoms with Crippen molar-refractivity contribution < 1.29 is 0 Å². The SMILES string of the molecule is Cc1cc(C)c(-c2cccc([SeH])c2-c2c(C)cc(C)cc2C)c(C)c1. The van der Waals surface area contributed by atoms with Crippen LogP contribution in [0.2, 0.25) is 0 Å². The van der Waals surface area contributed by atoms with Crippen molar-refractivity contribution in [2.45, 2.75) is 41.5 Å². The summed E-state index contributed by atoms with van der Waals surface area (Å²) >= 11 is 2.77. The molecule has 0 spiro atoms. The van der Waals surface area contributed by atoms with Crippen molar-refractivity contribution >= 4 is 20.5 Å². The van der Waals surface area contributed by atoms with Gasteiger partial charge in [-0.1, -0.05) is 0 Å². The Hall–Kier alpha value is -1.82. The van der Waals surface area contributed by atoms with E-state index in [-0.39, 0.29) is 0 Å². The Morgan fingerprint density at radius 3 is 1.48 bits per heavy atom. The molecule has 0 aliphatic carbocycles. The van der Waals surface area contributed by atoms with E-state index in [1.165, 1.54) is 60.1 Å². The van der Waals surface area contributed by atoms with Gasteiger partial charge >= 0.3 is 160 Å². The maximum atomic E-state index is 2.77. The summed E-state index contributed by atoms with van der Waals surface area (Å²) in [4.78, 5) is 0. The van der Waals surface area contributed by atoms with Crippen molar-refractivity contribution in [1.82, 2.24) is 0 Å². The van der Waals surface area contributed by atoms with Crippen LogP contribution in [0.5, 0.6) is 0 Å². The molecule has 0 nitrogen and oxygen atoms in total. The van der Waals surface area contributed by atoms with Crippen LogP contribution in [0.25, 0.3) is 22.3 Å². The monoisotopic (exact) mass is 394 g/mol. The molecule has 3 aromatic carbocycles. The van der Waals surface area contributed by atoms with Gasteiger partial charge in [0.2, 0.25) is 0 Å². The summed E-state index contributed by atoms with van der Waals surface area (Å²) in [5, 5.41) is 0. The molecule has 0 amide bonds. The second-order valence-corrected chi connectivity index (χ2v) is 8.26. The first-order valence-corrected chi connectivity index (χ1v) is 9.72. The van der Waals surface area contributed by atoms with Gasteiger partial charge in [-0.25, -0.2) is 0 Å². The van der Waals surface area contributed by atoms with Crippen molar-refractivity contribution in [3.8, 4) is 22.3 Å². The molecule has 0 saturated heterocycles. The number of benzene rings is 3. The van der Waals surface area contributed by atoms with E-state index in [4.69, 9.17) is 0 Å². The van der Waals surface area contributed by atoms with Gasteiger partial charge in [-0.05, 0) is 0 Å². The Bertz CT molecular complexity index is 918. The van der Waals surface area contributed by atoms with E-state index in [2.05, 4.69) is 100 Å². The van der Waals surface area contributed by atoms with Gasteiger partial charge in [0.05, 0.1) is 0 Å². The van der Waals surface area contributed by atoms with Crippen molar-refractivity contribution in [3.63, 3.8) is 0 Å². The summed E-state index contributed by atoms with van der Waals surface area (Å²) < 4.78 is 1.28. The first kappa shape index (κ1) is 18.0. The Labute approximate surface area is 160 Å². The molecule has 0 N–H and O–H groups in total. The van der Waals surface area contributed by atoms with Crippen molar-refractivity contribution in [3.05, 3.63) is 75.8 Å². The zero-order valence-corrected chi connectivity index (χ0v) is 17.9. The number of hydrogen-bond acceptors (Lipinski definition) is 0. The first-order chi connectivity index (χ1) is 11.8. The Kier molecular flexibility index (Phi) is 4.91. The Balaban J connectivity index is 2.40. The van der Waals surface area contributed by atoms with E-state index < -0.39 is 0 Å². The molecule has 0 atom stereocenters. The predicted octanol–water partition coefficient (Wildman–Crippen LogP) is 5.40. The molecule has 3 rings (SSSR count). The fraction of sp³-hybridized carbons (Fsp3) is 0.250. The molecule has 0 aromatic heterocycles. The van der Waals surface area contributed by atoms with Crippen LogP contribution in [-0.4, -0.2) is 16.0 Å². The van der Waals surface area contributed by atoms with E-state index >= 15 is 0 Å². The summed E-state index contributed by atoms with van der Waals surface area (Å²) in [5.74, 6) is 0. The molecule has 1 heteroatoms. The molecule has 128 valence electrons. The fourth-order valence-electron chi connectivity index (χ4n) is 4.19. The van der Waals surface area contributed by atoms with Crippen LogP contribution in [-0.2, 0) is 0 Å². The molecule has 0 saturated carbocycles. The summed E-state index contributed by atoms with van der Waals surface area (Å²) in [6, 6.07) is 15.8. The van der Waals surface area contributed by atoms with Crippen LogP contribution in [0, 0.1) is 41.5 Å². The molecule has 3 aromatic rings. The third-order valence-corrected chi connectivity index (χ3v) is 5.70. The summed E-state index contributed by atoms with van der Waals surface area (Å²) in [6.45, 7) is 13.3. The fourth-order valence-corrected chi connectivity index (χ4v) is 4.86.